The van der Waals surface area contributed by atoms with Crippen LogP contribution in [0.15, 0.2) is 182 Å². The number of rotatable bonds is 3. The molecule has 0 aromatic heterocycles. The molecule has 0 N–H and O–H groups in total. The molecule has 10 aromatic rings. The fraction of sp³-hybridized carbons (Fsp3) is 0. The summed E-state index contributed by atoms with van der Waals surface area (Å²) in [5.74, 6) is 3.57. The van der Waals surface area contributed by atoms with Gasteiger partial charge in [-0.15, -0.1) is 0 Å². The molecule has 2 nitrogen and oxygen atoms in total. The summed E-state index contributed by atoms with van der Waals surface area (Å²) in [4.78, 5) is 0. The molecule has 0 saturated heterocycles. The van der Waals surface area contributed by atoms with Gasteiger partial charge in [-0.05, 0) is 119 Å². The van der Waals surface area contributed by atoms with Gasteiger partial charge in [0.1, 0.15) is 23.0 Å². The maximum atomic E-state index is 6.71. The van der Waals surface area contributed by atoms with Crippen LogP contribution >= 0.6 is 0 Å². The Morgan fingerprint density at radius 2 is 0.852 bits per heavy atom. The van der Waals surface area contributed by atoms with Crippen molar-refractivity contribution in [2.75, 3.05) is 0 Å². The second-order valence-electron chi connectivity index (χ2n) is 14.3. The molecule has 0 saturated carbocycles. The van der Waals surface area contributed by atoms with Crippen molar-refractivity contribution in [3.63, 3.8) is 0 Å². The molecule has 250 valence electrons. The molecule has 2 heterocycles. The van der Waals surface area contributed by atoms with E-state index >= 15 is 0 Å². The van der Waals surface area contributed by atoms with Gasteiger partial charge in [0.15, 0.2) is 0 Å². The fourth-order valence-corrected chi connectivity index (χ4v) is 9.11. The second-order valence-corrected chi connectivity index (χ2v) is 14.3. The largest absolute Gasteiger partial charge is 0.456 e. The molecule has 10 aromatic carbocycles. The molecule has 0 atom stereocenters. The van der Waals surface area contributed by atoms with Gasteiger partial charge in [0.25, 0.3) is 0 Å². The summed E-state index contributed by atoms with van der Waals surface area (Å²) >= 11 is 0. The Bertz CT molecular complexity index is 3210. The van der Waals surface area contributed by atoms with Gasteiger partial charge >= 0.3 is 0 Å². The first kappa shape index (κ1) is 29.4. The zero-order valence-corrected chi connectivity index (χ0v) is 29.1. The summed E-state index contributed by atoms with van der Waals surface area (Å²) in [5, 5.41) is 9.50. The lowest BCUT2D eigenvalue weighted by Crippen LogP contribution is -1.99. The average Bonchev–Trinajstić information content (AvgIpc) is 3.23. The zero-order valence-electron chi connectivity index (χ0n) is 29.1. The molecule has 0 radical (unpaired) electrons. The monoisotopic (exact) mass is 686 g/mol. The smallest absolute Gasteiger partial charge is 0.135 e. The van der Waals surface area contributed by atoms with Crippen LogP contribution in [0, 0.1) is 0 Å². The van der Waals surface area contributed by atoms with Crippen molar-refractivity contribution in [3.05, 3.63) is 182 Å². The molecule has 0 unspecified atom stereocenters. The maximum absolute atomic E-state index is 6.71. The molecular weight excluding hydrogens is 657 g/mol. The highest BCUT2D eigenvalue weighted by molar-refractivity contribution is 6.25. The van der Waals surface area contributed by atoms with E-state index in [1.807, 2.05) is 6.07 Å². The highest BCUT2D eigenvalue weighted by Crippen LogP contribution is 2.53. The molecule has 0 bridgehead atoms. The lowest BCUT2D eigenvalue weighted by Gasteiger charge is -2.24. The van der Waals surface area contributed by atoms with Gasteiger partial charge in [0.05, 0.1) is 0 Å². The maximum Gasteiger partial charge on any atom is 0.135 e. The molecule has 0 spiro atoms. The number of fused-ring (bicyclic) bond motifs is 6. The molecule has 0 amide bonds. The quantitative estimate of drug-likeness (QED) is 0.172. The van der Waals surface area contributed by atoms with E-state index in [0.29, 0.717) is 0 Å². The predicted octanol–water partition coefficient (Wildman–Crippen LogP) is 14.8. The topological polar surface area (TPSA) is 18.5 Å². The van der Waals surface area contributed by atoms with Crippen LogP contribution in [-0.2, 0) is 0 Å². The van der Waals surface area contributed by atoms with Gasteiger partial charge in [-0.25, -0.2) is 0 Å². The Kier molecular flexibility index (Phi) is 6.09. The minimum Gasteiger partial charge on any atom is -0.456 e. The normalized spacial score (nSPS) is 12.4. The van der Waals surface area contributed by atoms with Crippen molar-refractivity contribution in [3.8, 4) is 78.6 Å². The summed E-state index contributed by atoms with van der Waals surface area (Å²) in [6.07, 6.45) is 0. The van der Waals surface area contributed by atoms with Gasteiger partial charge in [-0.3, -0.25) is 0 Å². The van der Waals surface area contributed by atoms with Gasteiger partial charge < -0.3 is 9.47 Å². The van der Waals surface area contributed by atoms with Gasteiger partial charge in [0, 0.05) is 21.9 Å². The third-order valence-electron chi connectivity index (χ3n) is 11.4. The molecule has 12 rings (SSSR count). The summed E-state index contributed by atoms with van der Waals surface area (Å²) in [6.45, 7) is 0. The first-order chi connectivity index (χ1) is 26.8. The number of ether oxygens (including phenoxy) is 2. The van der Waals surface area contributed by atoms with E-state index < -0.39 is 0 Å². The van der Waals surface area contributed by atoms with E-state index in [9.17, 15) is 0 Å². The Morgan fingerprint density at radius 1 is 0.259 bits per heavy atom. The number of para-hydroxylation sites is 1. The van der Waals surface area contributed by atoms with Crippen LogP contribution in [0.1, 0.15) is 0 Å². The second kappa shape index (κ2) is 11.2. The van der Waals surface area contributed by atoms with Gasteiger partial charge in [-0.1, -0.05) is 140 Å². The number of hydrogen-bond acceptors (Lipinski definition) is 2. The van der Waals surface area contributed by atoms with Crippen LogP contribution in [0.3, 0.4) is 0 Å². The minimum atomic E-state index is 0.879. The Labute approximate surface area is 312 Å². The van der Waals surface area contributed by atoms with E-state index in [1.165, 1.54) is 76.6 Å². The van der Waals surface area contributed by atoms with Crippen molar-refractivity contribution >= 4 is 43.1 Å². The molecular formula is C52H30O2. The van der Waals surface area contributed by atoms with E-state index in [1.54, 1.807) is 0 Å². The number of benzene rings is 10. The number of hydrogen-bond donors (Lipinski definition) is 0. The van der Waals surface area contributed by atoms with Crippen molar-refractivity contribution in [2.24, 2.45) is 0 Å². The lowest BCUT2D eigenvalue weighted by molar-refractivity contribution is 0.487. The third-order valence-corrected chi connectivity index (χ3v) is 11.4. The first-order valence-electron chi connectivity index (χ1n) is 18.5. The van der Waals surface area contributed by atoms with E-state index in [4.69, 9.17) is 9.47 Å². The molecule has 54 heavy (non-hydrogen) atoms. The predicted molar refractivity (Wildman–Crippen MR) is 224 cm³/mol. The average molecular weight is 687 g/mol. The Hall–Kier alpha value is -7.16. The SMILES string of the molecule is c1ccc(-c2ccc3c(-c4ccc5c(c4)Oc4cccc6cccc-5c46)c4ccccc4c(-c4ccc5c6c(cccc46)-c4ccccc4O5)c3c2)cc1. The van der Waals surface area contributed by atoms with E-state index in [0.717, 1.165) is 45.1 Å². The van der Waals surface area contributed by atoms with Crippen molar-refractivity contribution in [2.45, 2.75) is 0 Å². The van der Waals surface area contributed by atoms with Crippen molar-refractivity contribution < 1.29 is 9.47 Å². The van der Waals surface area contributed by atoms with Gasteiger partial charge in [0.2, 0.25) is 0 Å². The van der Waals surface area contributed by atoms with E-state index in [2.05, 4.69) is 176 Å². The van der Waals surface area contributed by atoms with Gasteiger partial charge in [-0.2, -0.15) is 0 Å². The summed E-state index contributed by atoms with van der Waals surface area (Å²) in [6, 6.07) is 65.6. The van der Waals surface area contributed by atoms with Crippen LogP contribution in [-0.4, -0.2) is 0 Å². The molecule has 2 aliphatic heterocycles. The van der Waals surface area contributed by atoms with Crippen LogP contribution in [0.5, 0.6) is 23.0 Å². The summed E-state index contributed by atoms with van der Waals surface area (Å²) < 4.78 is 13.2. The van der Waals surface area contributed by atoms with Crippen LogP contribution in [0.2, 0.25) is 0 Å². The standard InChI is InChI=1S/C52H30O2/c1-2-11-31(12-3-1)33-23-26-43-44(29-33)51(42-27-28-47-52-38(19-10-20-41(42)52)35-15-6-7-21-45(35)53-47)40-17-5-4-16-39(40)49(43)34-24-25-36-37-18-8-13-32-14-9-22-46(50(32)37)54-48(36)30-34/h1-30H. The summed E-state index contributed by atoms with van der Waals surface area (Å²) in [7, 11) is 0. The minimum absolute atomic E-state index is 0.879. The highest BCUT2D eigenvalue weighted by atomic mass is 16.5. The molecule has 2 aliphatic rings. The summed E-state index contributed by atoms with van der Waals surface area (Å²) in [5.41, 5.74) is 11.8. The zero-order chi connectivity index (χ0) is 35.3. The van der Waals surface area contributed by atoms with Crippen molar-refractivity contribution in [1.82, 2.24) is 0 Å². The van der Waals surface area contributed by atoms with Crippen LogP contribution in [0.25, 0.3) is 98.7 Å². The van der Waals surface area contributed by atoms with Crippen LogP contribution in [0.4, 0.5) is 0 Å². The molecule has 0 fully saturated rings. The Morgan fingerprint density at radius 3 is 1.74 bits per heavy atom. The van der Waals surface area contributed by atoms with Crippen molar-refractivity contribution in [1.29, 1.82) is 0 Å². The fourth-order valence-electron chi connectivity index (χ4n) is 9.11. The van der Waals surface area contributed by atoms with Crippen LogP contribution < -0.4 is 9.47 Å². The Balaban J connectivity index is 1.16. The first-order valence-corrected chi connectivity index (χ1v) is 18.5. The molecule has 0 aliphatic carbocycles. The highest BCUT2D eigenvalue weighted by Gasteiger charge is 2.25. The molecule has 2 heteroatoms. The third kappa shape index (κ3) is 4.17. The van der Waals surface area contributed by atoms with E-state index in [-0.39, 0.29) is 0 Å². The lowest BCUT2D eigenvalue weighted by atomic mass is 9.82.